The maximum atomic E-state index is 12.3. The number of carbonyl (C=O) groups excluding carboxylic acids is 1. The Morgan fingerprint density at radius 2 is 2.08 bits per heavy atom. The first-order chi connectivity index (χ1) is 12.2. The molecule has 136 valence electrons. The van der Waals surface area contributed by atoms with Crippen LogP contribution in [-0.4, -0.2) is 30.9 Å². The standard InChI is InChI=1S/C18H20BrN5O2/c1-11-8-14(23-24(11)13-7-5-6-12(19)9-13)16(25)26-10-15-20-17(22-21-15)18(2,3)4/h5-9H,10H2,1-4H3,(H,20,21,22). The summed E-state index contributed by atoms with van der Waals surface area (Å²) in [7, 11) is 0. The van der Waals surface area contributed by atoms with Crippen LogP contribution in [0.4, 0.5) is 0 Å². The van der Waals surface area contributed by atoms with E-state index < -0.39 is 5.97 Å². The van der Waals surface area contributed by atoms with Gasteiger partial charge >= 0.3 is 5.97 Å². The van der Waals surface area contributed by atoms with Gasteiger partial charge in [0, 0.05) is 15.6 Å². The van der Waals surface area contributed by atoms with Gasteiger partial charge in [0.05, 0.1) is 5.69 Å². The number of aromatic nitrogens is 5. The summed E-state index contributed by atoms with van der Waals surface area (Å²) in [6, 6.07) is 9.39. The highest BCUT2D eigenvalue weighted by molar-refractivity contribution is 9.10. The molecule has 2 heterocycles. The van der Waals surface area contributed by atoms with E-state index in [4.69, 9.17) is 4.74 Å². The van der Waals surface area contributed by atoms with Gasteiger partial charge in [-0.15, -0.1) is 0 Å². The Morgan fingerprint density at radius 1 is 1.31 bits per heavy atom. The minimum Gasteiger partial charge on any atom is -0.453 e. The number of hydrogen-bond donors (Lipinski definition) is 1. The van der Waals surface area contributed by atoms with Gasteiger partial charge in [-0.2, -0.15) is 10.2 Å². The van der Waals surface area contributed by atoms with E-state index in [0.717, 1.165) is 15.9 Å². The van der Waals surface area contributed by atoms with Crippen LogP contribution in [0.2, 0.25) is 0 Å². The van der Waals surface area contributed by atoms with E-state index in [1.807, 2.05) is 52.0 Å². The number of hydrogen-bond acceptors (Lipinski definition) is 5. The van der Waals surface area contributed by atoms with Crippen LogP contribution in [0.25, 0.3) is 5.69 Å². The van der Waals surface area contributed by atoms with Gasteiger partial charge in [-0.1, -0.05) is 42.8 Å². The van der Waals surface area contributed by atoms with Crippen molar-refractivity contribution < 1.29 is 9.53 Å². The maximum absolute atomic E-state index is 12.3. The number of aromatic amines is 1. The predicted molar refractivity (Wildman–Crippen MR) is 100 cm³/mol. The second-order valence-electron chi connectivity index (χ2n) is 6.99. The molecule has 0 aliphatic carbocycles. The highest BCUT2D eigenvalue weighted by atomic mass is 79.9. The van der Waals surface area contributed by atoms with Gasteiger partial charge < -0.3 is 4.74 Å². The van der Waals surface area contributed by atoms with Gasteiger partial charge in [0.2, 0.25) is 0 Å². The van der Waals surface area contributed by atoms with Crippen LogP contribution in [0, 0.1) is 6.92 Å². The number of carbonyl (C=O) groups is 1. The predicted octanol–water partition coefficient (Wildman–Crippen LogP) is 3.72. The Bertz CT molecular complexity index is 939. The molecule has 1 N–H and O–H groups in total. The highest BCUT2D eigenvalue weighted by Gasteiger charge is 2.20. The van der Waals surface area contributed by atoms with Gasteiger partial charge in [0.1, 0.15) is 0 Å². The number of halogens is 1. The molecule has 0 radical (unpaired) electrons. The van der Waals surface area contributed by atoms with Crippen molar-refractivity contribution in [3.8, 4) is 5.69 Å². The normalized spacial score (nSPS) is 11.6. The van der Waals surface area contributed by atoms with Crippen molar-refractivity contribution in [3.63, 3.8) is 0 Å². The Balaban J connectivity index is 1.71. The number of ether oxygens (including phenoxy) is 1. The molecule has 3 aromatic rings. The van der Waals surface area contributed by atoms with Gasteiger partial charge in [-0.05, 0) is 31.2 Å². The summed E-state index contributed by atoms with van der Waals surface area (Å²) >= 11 is 3.44. The molecule has 0 fully saturated rings. The zero-order valence-electron chi connectivity index (χ0n) is 15.1. The lowest BCUT2D eigenvalue weighted by Crippen LogP contribution is -2.13. The van der Waals surface area contributed by atoms with Crippen LogP contribution < -0.4 is 0 Å². The Labute approximate surface area is 159 Å². The zero-order valence-corrected chi connectivity index (χ0v) is 16.7. The lowest BCUT2D eigenvalue weighted by Gasteiger charge is -2.11. The van der Waals surface area contributed by atoms with Crippen LogP contribution in [0.3, 0.4) is 0 Å². The first-order valence-electron chi connectivity index (χ1n) is 8.15. The van der Waals surface area contributed by atoms with E-state index >= 15 is 0 Å². The molecule has 0 saturated carbocycles. The topological polar surface area (TPSA) is 85.7 Å². The number of rotatable bonds is 4. The van der Waals surface area contributed by atoms with Crippen molar-refractivity contribution in [2.75, 3.05) is 0 Å². The second kappa shape index (κ2) is 7.03. The van der Waals surface area contributed by atoms with Crippen molar-refractivity contribution in [1.29, 1.82) is 0 Å². The van der Waals surface area contributed by atoms with Crippen molar-refractivity contribution >= 4 is 21.9 Å². The molecule has 0 aliphatic rings. The summed E-state index contributed by atoms with van der Waals surface area (Å²) in [5.74, 6) is 0.681. The molecule has 0 atom stereocenters. The lowest BCUT2D eigenvalue weighted by atomic mass is 9.96. The van der Waals surface area contributed by atoms with Crippen LogP contribution in [0.5, 0.6) is 0 Å². The van der Waals surface area contributed by atoms with Crippen molar-refractivity contribution in [2.45, 2.75) is 39.7 Å². The summed E-state index contributed by atoms with van der Waals surface area (Å²) < 4.78 is 7.95. The van der Waals surface area contributed by atoms with E-state index in [9.17, 15) is 4.79 Å². The number of H-pyrrole nitrogens is 1. The molecule has 0 amide bonds. The molecule has 0 bridgehead atoms. The van der Waals surface area contributed by atoms with Crippen molar-refractivity contribution in [2.24, 2.45) is 0 Å². The molecule has 26 heavy (non-hydrogen) atoms. The fourth-order valence-electron chi connectivity index (χ4n) is 2.35. The Morgan fingerprint density at radius 3 is 2.73 bits per heavy atom. The fraction of sp³-hybridized carbons (Fsp3) is 0.333. The molecule has 7 nitrogen and oxygen atoms in total. The molecule has 8 heteroatoms. The number of esters is 1. The summed E-state index contributed by atoms with van der Waals surface area (Å²) in [6.45, 7) is 7.96. The number of benzene rings is 1. The number of aryl methyl sites for hydroxylation is 1. The van der Waals surface area contributed by atoms with E-state index in [1.165, 1.54) is 0 Å². The van der Waals surface area contributed by atoms with Crippen LogP contribution >= 0.6 is 15.9 Å². The van der Waals surface area contributed by atoms with E-state index in [2.05, 4.69) is 36.2 Å². The van der Waals surface area contributed by atoms with E-state index in [0.29, 0.717) is 11.6 Å². The minimum atomic E-state index is -0.504. The average Bonchev–Trinajstić information content (AvgIpc) is 3.19. The molecule has 0 aliphatic heterocycles. The summed E-state index contributed by atoms with van der Waals surface area (Å²) in [6.07, 6.45) is 0. The molecule has 3 rings (SSSR count). The highest BCUT2D eigenvalue weighted by Crippen LogP contribution is 2.19. The SMILES string of the molecule is Cc1cc(C(=O)OCc2nc(C(C)(C)C)n[nH]2)nn1-c1cccc(Br)c1. The van der Waals surface area contributed by atoms with Gasteiger partial charge in [0.15, 0.2) is 23.9 Å². The van der Waals surface area contributed by atoms with Crippen LogP contribution in [0.15, 0.2) is 34.8 Å². The summed E-state index contributed by atoms with van der Waals surface area (Å²) in [5, 5.41) is 11.3. The second-order valence-corrected chi connectivity index (χ2v) is 7.91. The zero-order chi connectivity index (χ0) is 18.9. The largest absolute Gasteiger partial charge is 0.453 e. The first-order valence-corrected chi connectivity index (χ1v) is 8.95. The molecular weight excluding hydrogens is 398 g/mol. The van der Waals surface area contributed by atoms with E-state index in [1.54, 1.807) is 10.7 Å². The number of nitrogens with one attached hydrogen (secondary N) is 1. The Hall–Kier alpha value is -2.48. The van der Waals surface area contributed by atoms with E-state index in [-0.39, 0.29) is 17.7 Å². The lowest BCUT2D eigenvalue weighted by molar-refractivity contribution is 0.0455. The monoisotopic (exact) mass is 417 g/mol. The van der Waals surface area contributed by atoms with Gasteiger partial charge in [-0.25, -0.2) is 14.5 Å². The average molecular weight is 418 g/mol. The maximum Gasteiger partial charge on any atom is 0.359 e. The third kappa shape index (κ3) is 4.01. The third-order valence-electron chi connectivity index (χ3n) is 3.69. The third-order valence-corrected chi connectivity index (χ3v) is 4.19. The fourth-order valence-corrected chi connectivity index (χ4v) is 2.73. The quantitative estimate of drug-likeness (QED) is 0.653. The summed E-state index contributed by atoms with van der Waals surface area (Å²) in [4.78, 5) is 16.7. The molecule has 0 spiro atoms. The molecule has 0 unspecified atom stereocenters. The Kier molecular flexibility index (Phi) is 4.95. The molecule has 1 aromatic carbocycles. The molecule has 0 saturated heterocycles. The number of nitrogens with zero attached hydrogens (tertiary/aromatic N) is 4. The van der Waals surface area contributed by atoms with Gasteiger partial charge in [-0.3, -0.25) is 5.10 Å². The smallest absolute Gasteiger partial charge is 0.359 e. The van der Waals surface area contributed by atoms with Crippen LogP contribution in [-0.2, 0) is 16.8 Å². The van der Waals surface area contributed by atoms with Crippen molar-refractivity contribution in [1.82, 2.24) is 25.0 Å². The minimum absolute atomic E-state index is 0.0186. The van der Waals surface area contributed by atoms with Gasteiger partial charge in [0.25, 0.3) is 0 Å². The molecule has 2 aromatic heterocycles. The van der Waals surface area contributed by atoms with Crippen LogP contribution in [0.1, 0.15) is 48.6 Å². The van der Waals surface area contributed by atoms with Crippen molar-refractivity contribution in [3.05, 3.63) is 57.8 Å². The summed E-state index contributed by atoms with van der Waals surface area (Å²) in [5.41, 5.74) is 1.78. The first kappa shape index (κ1) is 18.3. The molecular formula is C18H20BrN5O2.